The van der Waals surface area contributed by atoms with E-state index in [-0.39, 0.29) is 0 Å². The number of ether oxygens (including phenoxy) is 1. The Morgan fingerprint density at radius 1 is 1.25 bits per heavy atom. The van der Waals surface area contributed by atoms with Gasteiger partial charge in [-0.1, -0.05) is 6.92 Å². The summed E-state index contributed by atoms with van der Waals surface area (Å²) < 4.78 is 6.24. The van der Waals surface area contributed by atoms with E-state index >= 15 is 0 Å². The Kier molecular flexibility index (Phi) is 3.88. The van der Waals surface area contributed by atoms with Crippen molar-refractivity contribution in [2.45, 2.75) is 32.8 Å². The summed E-state index contributed by atoms with van der Waals surface area (Å²) >= 11 is 0. The van der Waals surface area contributed by atoms with Crippen molar-refractivity contribution in [2.75, 3.05) is 19.6 Å². The molecule has 0 N–H and O–H groups in total. The number of likely N-dealkylation sites (tertiary alicyclic amines) is 1. The number of aromatic nitrogens is 1. The van der Waals surface area contributed by atoms with Gasteiger partial charge in [-0.3, -0.25) is 4.98 Å². The number of aryl methyl sites for hydroxylation is 1. The minimum atomic E-state index is 0.357. The molecule has 0 bridgehead atoms. The van der Waals surface area contributed by atoms with E-state index in [1.165, 1.54) is 16.3 Å². The number of hydrogen-bond donors (Lipinski definition) is 0. The van der Waals surface area contributed by atoms with E-state index in [0.717, 1.165) is 38.2 Å². The zero-order valence-electron chi connectivity index (χ0n) is 12.3. The number of benzene rings is 1. The summed E-state index contributed by atoms with van der Waals surface area (Å²) in [5.74, 6) is 1.03. The Morgan fingerprint density at radius 3 is 2.80 bits per heavy atom. The molecule has 106 valence electrons. The molecule has 0 saturated carbocycles. The highest BCUT2D eigenvalue weighted by molar-refractivity contribution is 5.84. The molecule has 2 heterocycles. The monoisotopic (exact) mass is 270 g/mol. The predicted molar refractivity (Wildman–Crippen MR) is 82.2 cm³/mol. The van der Waals surface area contributed by atoms with Crippen LogP contribution in [0.5, 0.6) is 5.75 Å². The van der Waals surface area contributed by atoms with Gasteiger partial charge in [0.2, 0.25) is 0 Å². The van der Waals surface area contributed by atoms with Crippen LogP contribution in [0.3, 0.4) is 0 Å². The van der Waals surface area contributed by atoms with E-state index in [0.29, 0.717) is 6.10 Å². The van der Waals surface area contributed by atoms with Gasteiger partial charge < -0.3 is 9.64 Å². The molecule has 0 spiro atoms. The summed E-state index contributed by atoms with van der Waals surface area (Å²) in [7, 11) is 0. The normalized spacial score (nSPS) is 17.5. The Morgan fingerprint density at radius 2 is 2.05 bits per heavy atom. The van der Waals surface area contributed by atoms with Crippen LogP contribution in [0.25, 0.3) is 10.8 Å². The molecular weight excluding hydrogens is 248 g/mol. The van der Waals surface area contributed by atoms with Crippen LogP contribution in [0, 0.1) is 6.92 Å². The van der Waals surface area contributed by atoms with Gasteiger partial charge in [-0.25, -0.2) is 0 Å². The molecular formula is C17H22N2O. The molecule has 1 aromatic heterocycles. The predicted octanol–water partition coefficient (Wildman–Crippen LogP) is 3.41. The summed E-state index contributed by atoms with van der Waals surface area (Å²) in [4.78, 5) is 6.66. The molecule has 3 heteroatoms. The van der Waals surface area contributed by atoms with Crippen LogP contribution in [-0.2, 0) is 0 Å². The lowest BCUT2D eigenvalue weighted by molar-refractivity contribution is 0.103. The maximum atomic E-state index is 6.24. The van der Waals surface area contributed by atoms with Gasteiger partial charge in [0.25, 0.3) is 0 Å². The maximum Gasteiger partial charge on any atom is 0.123 e. The molecule has 3 rings (SSSR count). The van der Waals surface area contributed by atoms with Gasteiger partial charge in [0, 0.05) is 30.9 Å². The van der Waals surface area contributed by atoms with E-state index < -0.39 is 0 Å². The van der Waals surface area contributed by atoms with Crippen molar-refractivity contribution in [1.82, 2.24) is 9.88 Å². The van der Waals surface area contributed by atoms with Crippen molar-refractivity contribution < 1.29 is 4.74 Å². The zero-order chi connectivity index (χ0) is 13.9. The highest BCUT2D eigenvalue weighted by atomic mass is 16.5. The topological polar surface area (TPSA) is 25.4 Å². The average Bonchev–Trinajstić information content (AvgIpc) is 2.49. The number of piperidine rings is 1. The molecule has 2 aromatic rings. The van der Waals surface area contributed by atoms with Crippen LogP contribution in [0.15, 0.2) is 30.6 Å². The van der Waals surface area contributed by atoms with Gasteiger partial charge in [0.15, 0.2) is 0 Å². The summed E-state index contributed by atoms with van der Waals surface area (Å²) in [5, 5.41) is 2.38. The van der Waals surface area contributed by atoms with Gasteiger partial charge in [-0.2, -0.15) is 0 Å². The van der Waals surface area contributed by atoms with Crippen LogP contribution in [0.1, 0.15) is 25.3 Å². The first-order valence-corrected chi connectivity index (χ1v) is 7.49. The molecule has 1 saturated heterocycles. The summed E-state index contributed by atoms with van der Waals surface area (Å²) in [6.45, 7) is 7.79. The molecule has 0 atom stereocenters. The molecule has 0 radical (unpaired) electrons. The molecule has 0 amide bonds. The lowest BCUT2D eigenvalue weighted by atomic mass is 10.1. The lowest BCUT2D eigenvalue weighted by Gasteiger charge is -2.31. The van der Waals surface area contributed by atoms with Crippen molar-refractivity contribution in [3.05, 3.63) is 36.2 Å². The standard InChI is InChI=1S/C17H22N2O/c1-3-19-8-5-16(6-9-19)20-17-11-14-4-7-18-12-15(14)10-13(17)2/h4,7,10-12,16H,3,5-6,8-9H2,1-2H3. The van der Waals surface area contributed by atoms with Crippen molar-refractivity contribution in [2.24, 2.45) is 0 Å². The maximum absolute atomic E-state index is 6.24. The molecule has 1 fully saturated rings. The molecule has 1 aromatic carbocycles. The average molecular weight is 270 g/mol. The first-order chi connectivity index (χ1) is 9.76. The number of nitrogens with zero attached hydrogens (tertiary/aromatic N) is 2. The Hall–Kier alpha value is -1.61. The van der Waals surface area contributed by atoms with Gasteiger partial charge in [0.1, 0.15) is 11.9 Å². The van der Waals surface area contributed by atoms with E-state index in [9.17, 15) is 0 Å². The second kappa shape index (κ2) is 5.80. The van der Waals surface area contributed by atoms with E-state index in [1.807, 2.05) is 18.5 Å². The van der Waals surface area contributed by atoms with Gasteiger partial charge in [-0.05, 0) is 55.5 Å². The summed E-state index contributed by atoms with van der Waals surface area (Å²) in [5.41, 5.74) is 1.20. The van der Waals surface area contributed by atoms with Crippen LogP contribution in [-0.4, -0.2) is 35.6 Å². The molecule has 20 heavy (non-hydrogen) atoms. The first-order valence-electron chi connectivity index (χ1n) is 7.49. The SMILES string of the molecule is CCN1CCC(Oc2cc3ccncc3cc2C)CC1. The molecule has 1 aliphatic rings. The second-order valence-electron chi connectivity index (χ2n) is 5.59. The highest BCUT2D eigenvalue weighted by Crippen LogP contribution is 2.27. The summed E-state index contributed by atoms with van der Waals surface area (Å²) in [6.07, 6.45) is 6.35. The molecule has 0 unspecified atom stereocenters. The quantitative estimate of drug-likeness (QED) is 0.854. The number of pyridine rings is 1. The largest absolute Gasteiger partial charge is 0.490 e. The van der Waals surface area contributed by atoms with Crippen molar-refractivity contribution >= 4 is 10.8 Å². The van der Waals surface area contributed by atoms with E-state index in [1.54, 1.807) is 0 Å². The highest BCUT2D eigenvalue weighted by Gasteiger charge is 2.20. The molecule has 3 nitrogen and oxygen atoms in total. The van der Waals surface area contributed by atoms with Crippen LogP contribution < -0.4 is 4.74 Å². The third-order valence-electron chi connectivity index (χ3n) is 4.21. The van der Waals surface area contributed by atoms with Crippen LogP contribution in [0.4, 0.5) is 0 Å². The van der Waals surface area contributed by atoms with Crippen molar-refractivity contribution in [3.8, 4) is 5.75 Å². The van der Waals surface area contributed by atoms with Crippen molar-refractivity contribution in [1.29, 1.82) is 0 Å². The fraction of sp³-hybridized carbons (Fsp3) is 0.471. The number of hydrogen-bond acceptors (Lipinski definition) is 3. The lowest BCUT2D eigenvalue weighted by Crippen LogP contribution is -2.38. The van der Waals surface area contributed by atoms with Crippen LogP contribution >= 0.6 is 0 Å². The minimum Gasteiger partial charge on any atom is -0.490 e. The number of rotatable bonds is 3. The van der Waals surface area contributed by atoms with Gasteiger partial charge in [0.05, 0.1) is 0 Å². The Balaban J connectivity index is 1.76. The molecule has 1 aliphatic heterocycles. The second-order valence-corrected chi connectivity index (χ2v) is 5.59. The fourth-order valence-electron chi connectivity index (χ4n) is 2.88. The number of fused-ring (bicyclic) bond motifs is 1. The van der Waals surface area contributed by atoms with Gasteiger partial charge >= 0.3 is 0 Å². The molecule has 0 aliphatic carbocycles. The van der Waals surface area contributed by atoms with E-state index in [4.69, 9.17) is 4.74 Å². The Bertz CT molecular complexity index is 589. The zero-order valence-corrected chi connectivity index (χ0v) is 12.3. The van der Waals surface area contributed by atoms with Crippen LogP contribution in [0.2, 0.25) is 0 Å². The fourth-order valence-corrected chi connectivity index (χ4v) is 2.88. The van der Waals surface area contributed by atoms with E-state index in [2.05, 4.69) is 35.9 Å². The summed E-state index contributed by atoms with van der Waals surface area (Å²) in [6, 6.07) is 6.36. The minimum absolute atomic E-state index is 0.357. The van der Waals surface area contributed by atoms with Crippen molar-refractivity contribution in [3.63, 3.8) is 0 Å². The Labute approximate surface area is 120 Å². The first kappa shape index (κ1) is 13.4. The smallest absolute Gasteiger partial charge is 0.123 e. The third kappa shape index (κ3) is 2.78. The van der Waals surface area contributed by atoms with Gasteiger partial charge in [-0.15, -0.1) is 0 Å². The third-order valence-corrected chi connectivity index (χ3v) is 4.21.